The second kappa shape index (κ2) is 7.07. The fourth-order valence-electron chi connectivity index (χ4n) is 5.28. The number of aliphatic hydroxyl groups is 3. The molecule has 0 unspecified atom stereocenters. The first-order valence-electron chi connectivity index (χ1n) is 10.2. The van der Waals surface area contributed by atoms with E-state index in [4.69, 9.17) is 11.5 Å². The van der Waals surface area contributed by atoms with E-state index in [2.05, 4.69) is 0 Å². The van der Waals surface area contributed by atoms with Gasteiger partial charge in [-0.3, -0.25) is 14.4 Å². The second-order valence-corrected chi connectivity index (χ2v) is 8.77. The van der Waals surface area contributed by atoms with Crippen molar-refractivity contribution in [2.24, 2.45) is 23.3 Å². The van der Waals surface area contributed by atoms with Gasteiger partial charge in [-0.2, -0.15) is 0 Å². The lowest BCUT2D eigenvalue weighted by Crippen LogP contribution is -2.57. The summed E-state index contributed by atoms with van der Waals surface area (Å²) in [5, 5.41) is 43.2. The molecule has 0 aliphatic heterocycles. The lowest BCUT2D eigenvalue weighted by Gasteiger charge is -2.46. The van der Waals surface area contributed by atoms with Crippen LogP contribution in [0, 0.1) is 11.8 Å². The third kappa shape index (κ3) is 2.69. The van der Waals surface area contributed by atoms with Gasteiger partial charge < -0.3 is 36.8 Å². The van der Waals surface area contributed by atoms with Gasteiger partial charge in [-0.15, -0.1) is 0 Å². The molecule has 0 saturated carbocycles. The number of carbonyl (C=O) groups is 3. The molecule has 3 atom stereocenters. The number of primary amides is 1. The summed E-state index contributed by atoms with van der Waals surface area (Å²) < 4.78 is 0. The number of amides is 1. The third-order valence-electron chi connectivity index (χ3n) is 6.82. The van der Waals surface area contributed by atoms with Crippen molar-refractivity contribution in [1.29, 1.82) is 0 Å². The van der Waals surface area contributed by atoms with Crippen LogP contribution in [0.25, 0.3) is 0 Å². The minimum absolute atomic E-state index is 0.0295. The summed E-state index contributed by atoms with van der Waals surface area (Å²) in [6, 6.07) is 1.70. The van der Waals surface area contributed by atoms with Crippen LogP contribution in [0.1, 0.15) is 34.3 Å². The highest BCUT2D eigenvalue weighted by Gasteiger charge is 2.59. The Bertz CT molecular complexity index is 1150. The van der Waals surface area contributed by atoms with Crippen LogP contribution in [0.4, 0.5) is 5.69 Å². The highest BCUT2D eigenvalue weighted by Crippen LogP contribution is 2.52. The molecule has 1 aromatic carbocycles. The van der Waals surface area contributed by atoms with Gasteiger partial charge in [-0.1, -0.05) is 0 Å². The Morgan fingerprint density at radius 2 is 1.88 bits per heavy atom. The largest absolute Gasteiger partial charge is 0.511 e. The van der Waals surface area contributed by atoms with Crippen LogP contribution in [0.15, 0.2) is 28.7 Å². The first-order valence-corrected chi connectivity index (χ1v) is 10.2. The van der Waals surface area contributed by atoms with Crippen molar-refractivity contribution in [3.63, 3.8) is 0 Å². The number of fused-ring (bicyclic) bond motifs is 3. The molecule has 0 saturated heterocycles. The van der Waals surface area contributed by atoms with Crippen molar-refractivity contribution in [2.75, 3.05) is 19.0 Å². The van der Waals surface area contributed by atoms with E-state index in [1.165, 1.54) is 0 Å². The van der Waals surface area contributed by atoms with E-state index in [-0.39, 0.29) is 42.7 Å². The second-order valence-electron chi connectivity index (χ2n) is 8.77. The Morgan fingerprint density at radius 1 is 1.22 bits per heavy atom. The number of allylic oxidation sites excluding steroid dienone is 2. The normalized spacial score (nSPS) is 27.1. The van der Waals surface area contributed by atoms with Crippen molar-refractivity contribution in [3.05, 3.63) is 45.4 Å². The molecule has 3 aliphatic rings. The highest BCUT2D eigenvalue weighted by atomic mass is 16.3. The van der Waals surface area contributed by atoms with Crippen LogP contribution in [-0.2, 0) is 22.6 Å². The Hall–Kier alpha value is -3.37. The number of nitrogens with zero attached hydrogens (tertiary/aromatic N) is 1. The van der Waals surface area contributed by atoms with Crippen molar-refractivity contribution < 1.29 is 34.8 Å². The molecule has 0 bridgehead atoms. The molecule has 1 amide bonds. The Labute approximate surface area is 183 Å². The number of phenolic OH excluding ortho intramolecular Hbond substituents is 1. The van der Waals surface area contributed by atoms with Gasteiger partial charge in [0.1, 0.15) is 22.8 Å². The zero-order valence-electron chi connectivity index (χ0n) is 17.7. The number of aliphatic hydroxyl groups excluding tert-OH is 2. The van der Waals surface area contributed by atoms with Crippen molar-refractivity contribution in [2.45, 2.75) is 31.4 Å². The maximum atomic E-state index is 13.5. The van der Waals surface area contributed by atoms with E-state index < -0.39 is 52.0 Å². The Balaban J connectivity index is 1.95. The fraction of sp³-hybridized carbons (Fsp3) is 0.409. The average molecular weight is 443 g/mol. The number of carbonyl (C=O) groups excluding carboxylic acids is 3. The third-order valence-corrected chi connectivity index (χ3v) is 6.82. The molecule has 0 aromatic heterocycles. The molecule has 1 aromatic rings. The number of Topliss-reactive ketones (excluding diaryl/α,β-unsaturated/α-hetero) is 2. The lowest BCUT2D eigenvalue weighted by atomic mass is 9.60. The van der Waals surface area contributed by atoms with Crippen LogP contribution < -0.4 is 16.4 Å². The fourth-order valence-corrected chi connectivity index (χ4v) is 5.28. The van der Waals surface area contributed by atoms with Crippen LogP contribution in [0.2, 0.25) is 0 Å². The number of ketones is 2. The monoisotopic (exact) mass is 443 g/mol. The smallest absolute Gasteiger partial charge is 0.255 e. The molecule has 0 radical (unpaired) electrons. The minimum atomic E-state index is -2.57. The van der Waals surface area contributed by atoms with Crippen LogP contribution in [0.5, 0.6) is 5.75 Å². The predicted octanol–water partition coefficient (Wildman–Crippen LogP) is 0.105. The SMILES string of the molecule is CN(C)c1cc(CN)c(O)c2c1C[C@H]1C[C@H]3CC(O)=C(C(N)=O)C(=O)[C@@]3(O)C(O)=C1C2=O. The van der Waals surface area contributed by atoms with E-state index in [9.17, 15) is 34.8 Å². The first-order chi connectivity index (χ1) is 14.9. The van der Waals surface area contributed by atoms with Crippen molar-refractivity contribution in [1.82, 2.24) is 0 Å². The molecule has 4 rings (SSSR count). The number of aromatic hydroxyl groups is 1. The quantitative estimate of drug-likeness (QED) is 0.352. The predicted molar refractivity (Wildman–Crippen MR) is 113 cm³/mol. The van der Waals surface area contributed by atoms with Crippen LogP contribution >= 0.6 is 0 Å². The summed E-state index contributed by atoms with van der Waals surface area (Å²) in [5.74, 6) is -6.45. The van der Waals surface area contributed by atoms with E-state index in [0.717, 1.165) is 0 Å². The standard InChI is InChI=1S/C22H25N3O7/c1-25(2)12-5-9(7-23)17(27)15-11(12)4-8-3-10-6-13(26)16(21(24)31)20(30)22(10,32)19(29)14(8)18(15)28/h5,8,10,26-27,29,32H,3-4,6-7,23H2,1-2H3,(H2,24,31)/t8-,10+,22+/m1/s1. The topological polar surface area (TPSA) is 187 Å². The first kappa shape index (κ1) is 21.8. The number of hydrogen-bond acceptors (Lipinski definition) is 9. The van der Waals surface area contributed by atoms with E-state index >= 15 is 0 Å². The molecule has 3 aliphatic carbocycles. The molecule has 10 nitrogen and oxygen atoms in total. The van der Waals surface area contributed by atoms with E-state index in [1.807, 2.05) is 0 Å². The van der Waals surface area contributed by atoms with E-state index in [0.29, 0.717) is 16.8 Å². The number of benzene rings is 1. The van der Waals surface area contributed by atoms with Gasteiger partial charge in [0.2, 0.25) is 5.78 Å². The molecule has 8 N–H and O–H groups in total. The van der Waals surface area contributed by atoms with Gasteiger partial charge >= 0.3 is 0 Å². The Kier molecular flexibility index (Phi) is 4.83. The number of phenols is 1. The molecule has 32 heavy (non-hydrogen) atoms. The van der Waals surface area contributed by atoms with Gasteiger partial charge in [0.25, 0.3) is 5.91 Å². The zero-order valence-corrected chi connectivity index (χ0v) is 17.7. The molecule has 0 heterocycles. The number of anilines is 1. The average Bonchev–Trinajstić information content (AvgIpc) is 2.70. The Morgan fingerprint density at radius 3 is 2.44 bits per heavy atom. The summed E-state index contributed by atoms with van der Waals surface area (Å²) in [6.45, 7) is -0.0295. The van der Waals surface area contributed by atoms with Crippen molar-refractivity contribution >= 4 is 23.2 Å². The molecular formula is C22H25N3O7. The van der Waals surface area contributed by atoms with Crippen LogP contribution in [0.3, 0.4) is 0 Å². The summed E-state index contributed by atoms with van der Waals surface area (Å²) in [7, 11) is 3.57. The summed E-state index contributed by atoms with van der Waals surface area (Å²) >= 11 is 0. The van der Waals surface area contributed by atoms with Gasteiger partial charge in [-0.05, 0) is 30.4 Å². The van der Waals surface area contributed by atoms with E-state index in [1.54, 1.807) is 25.1 Å². The maximum absolute atomic E-state index is 13.5. The maximum Gasteiger partial charge on any atom is 0.255 e. The zero-order chi connectivity index (χ0) is 23.7. The minimum Gasteiger partial charge on any atom is -0.511 e. The molecule has 170 valence electrons. The summed E-state index contributed by atoms with van der Waals surface area (Å²) in [5.41, 5.74) is 8.93. The lowest BCUT2D eigenvalue weighted by molar-refractivity contribution is -0.144. The molecule has 10 heteroatoms. The number of rotatable bonds is 3. The summed E-state index contributed by atoms with van der Waals surface area (Å²) in [6.07, 6.45) is 0.0861. The molecule has 0 spiro atoms. The van der Waals surface area contributed by atoms with Gasteiger partial charge in [0.05, 0.1) is 5.56 Å². The number of nitrogens with two attached hydrogens (primary N) is 2. The van der Waals surface area contributed by atoms with Gasteiger partial charge in [0.15, 0.2) is 11.4 Å². The van der Waals surface area contributed by atoms with Crippen LogP contribution in [-0.4, -0.2) is 57.6 Å². The highest BCUT2D eigenvalue weighted by molar-refractivity contribution is 6.24. The molecule has 0 fully saturated rings. The van der Waals surface area contributed by atoms with Crippen molar-refractivity contribution in [3.8, 4) is 5.75 Å². The summed E-state index contributed by atoms with van der Waals surface area (Å²) in [4.78, 5) is 39.9. The molecular weight excluding hydrogens is 418 g/mol. The van der Waals surface area contributed by atoms with Gasteiger partial charge in [-0.25, -0.2) is 0 Å². The number of hydrogen-bond donors (Lipinski definition) is 6. The van der Waals surface area contributed by atoms with Gasteiger partial charge in [0, 0.05) is 49.8 Å².